The Morgan fingerprint density at radius 1 is 1.82 bits per heavy atom. The van der Waals surface area contributed by atoms with Crippen molar-refractivity contribution in [2.75, 3.05) is 5.75 Å². The Balaban J connectivity index is 2.29. The topological polar surface area (TPSA) is 29.4 Å². The number of nitrogens with zero attached hydrogens (tertiary/aromatic N) is 1. The summed E-state index contributed by atoms with van der Waals surface area (Å²) >= 11 is 1.95. The molecule has 0 aromatic rings. The summed E-state index contributed by atoms with van der Waals surface area (Å²) in [6, 6.07) is 0. The second-order valence-electron chi connectivity index (χ2n) is 2.61. The van der Waals surface area contributed by atoms with Crippen molar-refractivity contribution in [1.82, 2.24) is 0 Å². The molecule has 3 heteroatoms. The van der Waals surface area contributed by atoms with E-state index < -0.39 is 0 Å². The van der Waals surface area contributed by atoms with E-state index in [1.165, 1.54) is 24.7 Å². The lowest BCUT2D eigenvalue weighted by molar-refractivity contribution is 0.564. The molecule has 1 atom stereocenters. The quantitative estimate of drug-likeness (QED) is 0.478. The summed E-state index contributed by atoms with van der Waals surface area (Å²) in [6.45, 7) is 3.67. The van der Waals surface area contributed by atoms with Crippen molar-refractivity contribution in [1.29, 1.82) is 0 Å². The second kappa shape index (κ2) is 4.37. The molecule has 0 N–H and O–H groups in total. The summed E-state index contributed by atoms with van der Waals surface area (Å²) in [5.41, 5.74) is 0.666. The van der Waals surface area contributed by atoms with Gasteiger partial charge in [0.2, 0.25) is 6.08 Å². The highest BCUT2D eigenvalue weighted by molar-refractivity contribution is 8.00. The number of hydrogen-bond donors (Lipinski definition) is 0. The smallest absolute Gasteiger partial charge is 0.211 e. The fourth-order valence-electron chi connectivity index (χ4n) is 1.18. The SMILES string of the molecule is C=C(CC1CCCS1)N=C=O. The van der Waals surface area contributed by atoms with Crippen LogP contribution in [0.4, 0.5) is 0 Å². The highest BCUT2D eigenvalue weighted by Crippen LogP contribution is 2.30. The average Bonchev–Trinajstić information content (AvgIpc) is 2.40. The molecule has 1 fully saturated rings. The molecule has 0 spiro atoms. The van der Waals surface area contributed by atoms with Crippen LogP contribution in [0.15, 0.2) is 17.3 Å². The van der Waals surface area contributed by atoms with Crippen LogP contribution in [0.3, 0.4) is 0 Å². The zero-order valence-corrected chi connectivity index (χ0v) is 7.19. The molecule has 0 aliphatic carbocycles. The summed E-state index contributed by atoms with van der Waals surface area (Å²) in [6.07, 6.45) is 4.87. The van der Waals surface area contributed by atoms with Gasteiger partial charge in [0.05, 0.1) is 0 Å². The van der Waals surface area contributed by atoms with E-state index in [0.717, 1.165) is 6.42 Å². The molecule has 0 saturated carbocycles. The van der Waals surface area contributed by atoms with E-state index in [0.29, 0.717) is 10.9 Å². The molecule has 1 unspecified atom stereocenters. The third-order valence-electron chi connectivity index (χ3n) is 1.69. The Morgan fingerprint density at radius 3 is 3.18 bits per heavy atom. The van der Waals surface area contributed by atoms with Gasteiger partial charge >= 0.3 is 0 Å². The molecule has 1 rings (SSSR count). The van der Waals surface area contributed by atoms with Gasteiger partial charge in [0, 0.05) is 17.4 Å². The van der Waals surface area contributed by atoms with Crippen molar-refractivity contribution in [3.8, 4) is 0 Å². The fraction of sp³-hybridized carbons (Fsp3) is 0.625. The van der Waals surface area contributed by atoms with Crippen molar-refractivity contribution < 1.29 is 4.79 Å². The number of isocyanates is 1. The van der Waals surface area contributed by atoms with Crippen LogP contribution < -0.4 is 0 Å². The first-order chi connectivity index (χ1) is 5.33. The number of carbonyl (C=O) groups excluding carboxylic acids is 1. The van der Waals surface area contributed by atoms with E-state index >= 15 is 0 Å². The Hall–Kier alpha value is -0.530. The summed E-state index contributed by atoms with van der Waals surface area (Å²) in [4.78, 5) is 13.3. The molecule has 1 aliphatic rings. The molecular weight excluding hydrogens is 158 g/mol. The molecule has 2 nitrogen and oxygen atoms in total. The van der Waals surface area contributed by atoms with Crippen molar-refractivity contribution in [2.24, 2.45) is 4.99 Å². The highest BCUT2D eigenvalue weighted by atomic mass is 32.2. The highest BCUT2D eigenvalue weighted by Gasteiger charge is 2.15. The van der Waals surface area contributed by atoms with Gasteiger partial charge in [-0.15, -0.1) is 0 Å². The largest absolute Gasteiger partial charge is 0.240 e. The molecule has 60 valence electrons. The lowest BCUT2D eigenvalue weighted by Crippen LogP contribution is -1.96. The monoisotopic (exact) mass is 169 g/mol. The number of thioether (sulfide) groups is 1. The third kappa shape index (κ3) is 2.91. The van der Waals surface area contributed by atoms with Gasteiger partial charge in [-0.1, -0.05) is 6.58 Å². The van der Waals surface area contributed by atoms with Crippen molar-refractivity contribution in [3.63, 3.8) is 0 Å². The van der Waals surface area contributed by atoms with Gasteiger partial charge in [-0.05, 0) is 18.6 Å². The predicted molar refractivity (Wildman–Crippen MR) is 47.4 cm³/mol. The maximum absolute atomic E-state index is 9.83. The molecule has 0 radical (unpaired) electrons. The van der Waals surface area contributed by atoms with Gasteiger partial charge in [0.25, 0.3) is 0 Å². The minimum atomic E-state index is 0.639. The van der Waals surface area contributed by atoms with E-state index in [2.05, 4.69) is 11.6 Å². The van der Waals surface area contributed by atoms with Crippen LogP contribution in [0.25, 0.3) is 0 Å². The van der Waals surface area contributed by atoms with Gasteiger partial charge in [-0.3, -0.25) is 0 Å². The summed E-state index contributed by atoms with van der Waals surface area (Å²) in [5, 5.41) is 0.639. The molecule has 1 aliphatic heterocycles. The van der Waals surface area contributed by atoms with Gasteiger partial charge in [0.15, 0.2) is 0 Å². The van der Waals surface area contributed by atoms with E-state index in [9.17, 15) is 4.79 Å². The Kier molecular flexibility index (Phi) is 3.40. The zero-order valence-electron chi connectivity index (χ0n) is 6.38. The minimum absolute atomic E-state index is 0.639. The zero-order chi connectivity index (χ0) is 8.10. The fourth-order valence-corrected chi connectivity index (χ4v) is 2.49. The Bertz CT molecular complexity index is 190. The van der Waals surface area contributed by atoms with Crippen LogP contribution >= 0.6 is 11.8 Å². The van der Waals surface area contributed by atoms with E-state index in [-0.39, 0.29) is 0 Å². The number of allylic oxidation sites excluding steroid dienone is 1. The lowest BCUT2D eigenvalue weighted by Gasteiger charge is -2.04. The molecular formula is C8H11NOS. The van der Waals surface area contributed by atoms with Crippen LogP contribution in [0, 0.1) is 0 Å². The van der Waals surface area contributed by atoms with Gasteiger partial charge in [-0.25, -0.2) is 4.79 Å². The van der Waals surface area contributed by atoms with Crippen molar-refractivity contribution in [3.05, 3.63) is 12.3 Å². The first-order valence-electron chi connectivity index (χ1n) is 3.70. The maximum Gasteiger partial charge on any atom is 0.240 e. The maximum atomic E-state index is 9.83. The molecule has 0 amide bonds. The van der Waals surface area contributed by atoms with Crippen LogP contribution in [0.2, 0.25) is 0 Å². The second-order valence-corrected chi connectivity index (χ2v) is 4.02. The summed E-state index contributed by atoms with van der Waals surface area (Å²) in [7, 11) is 0. The van der Waals surface area contributed by atoms with Crippen LogP contribution in [0.1, 0.15) is 19.3 Å². The molecule has 1 heterocycles. The van der Waals surface area contributed by atoms with Crippen molar-refractivity contribution in [2.45, 2.75) is 24.5 Å². The molecule has 0 aromatic heterocycles. The summed E-state index contributed by atoms with van der Waals surface area (Å²) < 4.78 is 0. The molecule has 0 aromatic carbocycles. The van der Waals surface area contributed by atoms with Crippen molar-refractivity contribution >= 4 is 17.8 Å². The Labute approximate surface area is 70.8 Å². The van der Waals surface area contributed by atoms with Gasteiger partial charge in [-0.2, -0.15) is 16.8 Å². The number of hydrogen-bond acceptors (Lipinski definition) is 3. The predicted octanol–water partition coefficient (Wildman–Crippen LogP) is 2.12. The van der Waals surface area contributed by atoms with E-state index in [4.69, 9.17) is 0 Å². The first-order valence-corrected chi connectivity index (χ1v) is 4.75. The average molecular weight is 169 g/mol. The minimum Gasteiger partial charge on any atom is -0.211 e. The number of aliphatic imine (C=N–C) groups is 1. The standard InChI is InChI=1S/C8H11NOS/c1-7(9-6-10)5-8-3-2-4-11-8/h8H,1-5H2. The van der Waals surface area contributed by atoms with Gasteiger partial charge < -0.3 is 0 Å². The molecule has 1 saturated heterocycles. The first kappa shape index (κ1) is 8.57. The normalized spacial score (nSPS) is 22.7. The third-order valence-corrected chi connectivity index (χ3v) is 3.09. The van der Waals surface area contributed by atoms with E-state index in [1.54, 1.807) is 0 Å². The Morgan fingerprint density at radius 2 is 2.64 bits per heavy atom. The molecule has 0 bridgehead atoms. The lowest BCUT2D eigenvalue weighted by atomic mass is 10.2. The van der Waals surface area contributed by atoms with Gasteiger partial charge in [0.1, 0.15) is 0 Å². The number of rotatable bonds is 3. The van der Waals surface area contributed by atoms with Crippen LogP contribution in [-0.2, 0) is 4.79 Å². The van der Waals surface area contributed by atoms with Crippen LogP contribution in [-0.4, -0.2) is 17.1 Å². The summed E-state index contributed by atoms with van der Waals surface area (Å²) in [5.74, 6) is 1.24. The van der Waals surface area contributed by atoms with E-state index in [1.807, 2.05) is 11.8 Å². The molecule has 11 heavy (non-hydrogen) atoms. The van der Waals surface area contributed by atoms with Crippen LogP contribution in [0.5, 0.6) is 0 Å².